The molecule has 122 valence electrons. The van der Waals surface area contributed by atoms with Gasteiger partial charge >= 0.3 is 0 Å². The number of rotatable bonds is 2. The molecule has 3 heterocycles. The molecule has 2 aromatic carbocycles. The third-order valence-corrected chi connectivity index (χ3v) is 4.59. The van der Waals surface area contributed by atoms with Crippen molar-refractivity contribution in [2.75, 3.05) is 6.79 Å². The molecular formula is C19H13N3O2S. The van der Waals surface area contributed by atoms with Crippen LogP contribution in [0.2, 0.25) is 0 Å². The van der Waals surface area contributed by atoms with Gasteiger partial charge in [0, 0.05) is 18.0 Å². The number of H-pyrrole nitrogens is 1. The Hall–Kier alpha value is -3.12. The second-order valence-corrected chi connectivity index (χ2v) is 6.14. The minimum absolute atomic E-state index is 0.257. The minimum Gasteiger partial charge on any atom is -0.454 e. The SMILES string of the molecule is S=c1ncc(-c2ccc3c(c2)OCO3)c2[nH]c(-c3ccccc3)cn12. The fourth-order valence-electron chi connectivity index (χ4n) is 3.04. The Morgan fingerprint density at radius 2 is 1.84 bits per heavy atom. The lowest BCUT2D eigenvalue weighted by molar-refractivity contribution is 0.174. The Morgan fingerprint density at radius 1 is 1.00 bits per heavy atom. The van der Waals surface area contributed by atoms with Crippen molar-refractivity contribution < 1.29 is 9.47 Å². The third kappa shape index (κ3) is 2.30. The van der Waals surface area contributed by atoms with Crippen molar-refractivity contribution in [3.05, 3.63) is 65.7 Å². The van der Waals surface area contributed by atoms with Gasteiger partial charge in [-0.1, -0.05) is 36.4 Å². The van der Waals surface area contributed by atoms with Crippen molar-refractivity contribution in [1.29, 1.82) is 0 Å². The normalized spacial score (nSPS) is 12.6. The first-order valence-corrected chi connectivity index (χ1v) is 8.26. The summed E-state index contributed by atoms with van der Waals surface area (Å²) >= 11 is 5.39. The Bertz CT molecular complexity index is 1150. The zero-order chi connectivity index (χ0) is 16.8. The van der Waals surface area contributed by atoms with E-state index in [1.807, 2.05) is 47.0 Å². The highest BCUT2D eigenvalue weighted by Gasteiger charge is 2.16. The summed E-state index contributed by atoms with van der Waals surface area (Å²) < 4.78 is 13.3. The first kappa shape index (κ1) is 14.2. The van der Waals surface area contributed by atoms with Gasteiger partial charge in [-0.25, -0.2) is 4.98 Å². The quantitative estimate of drug-likeness (QED) is 0.544. The average Bonchev–Trinajstić information content (AvgIpc) is 3.30. The second kappa shape index (κ2) is 5.46. The molecule has 5 nitrogen and oxygen atoms in total. The molecule has 0 atom stereocenters. The lowest BCUT2D eigenvalue weighted by Crippen LogP contribution is -1.93. The molecule has 2 aromatic heterocycles. The molecule has 0 radical (unpaired) electrons. The van der Waals surface area contributed by atoms with E-state index in [9.17, 15) is 0 Å². The number of nitrogens with one attached hydrogen (secondary N) is 1. The van der Waals surface area contributed by atoms with Crippen LogP contribution >= 0.6 is 12.2 Å². The van der Waals surface area contributed by atoms with Crippen LogP contribution in [0.5, 0.6) is 11.5 Å². The van der Waals surface area contributed by atoms with Gasteiger partial charge in [0.1, 0.15) is 5.65 Å². The Labute approximate surface area is 148 Å². The van der Waals surface area contributed by atoms with Crippen molar-refractivity contribution in [1.82, 2.24) is 14.4 Å². The molecule has 4 aromatic rings. The van der Waals surface area contributed by atoms with Crippen LogP contribution in [0.25, 0.3) is 28.0 Å². The van der Waals surface area contributed by atoms with Crippen LogP contribution < -0.4 is 9.47 Å². The fraction of sp³-hybridized carbons (Fsp3) is 0.0526. The van der Waals surface area contributed by atoms with Crippen LogP contribution in [0.1, 0.15) is 0 Å². The third-order valence-electron chi connectivity index (χ3n) is 4.29. The largest absolute Gasteiger partial charge is 0.454 e. The zero-order valence-electron chi connectivity index (χ0n) is 13.1. The van der Waals surface area contributed by atoms with Gasteiger partial charge in [-0.15, -0.1) is 0 Å². The number of imidazole rings is 1. The van der Waals surface area contributed by atoms with Crippen molar-refractivity contribution in [3.8, 4) is 33.9 Å². The van der Waals surface area contributed by atoms with Crippen LogP contribution in [0.4, 0.5) is 0 Å². The van der Waals surface area contributed by atoms with E-state index in [1.54, 1.807) is 6.20 Å². The van der Waals surface area contributed by atoms with Gasteiger partial charge in [-0.05, 0) is 35.5 Å². The van der Waals surface area contributed by atoms with Crippen LogP contribution in [0, 0.1) is 4.77 Å². The number of hydrogen-bond donors (Lipinski definition) is 1. The topological polar surface area (TPSA) is 51.5 Å². The summed E-state index contributed by atoms with van der Waals surface area (Å²) in [6.45, 7) is 0.257. The van der Waals surface area contributed by atoms with Crippen LogP contribution in [0.15, 0.2) is 60.9 Å². The minimum atomic E-state index is 0.257. The molecule has 1 aliphatic heterocycles. The molecule has 25 heavy (non-hydrogen) atoms. The first-order chi connectivity index (χ1) is 12.3. The molecule has 0 amide bonds. The van der Waals surface area contributed by atoms with E-state index in [4.69, 9.17) is 21.7 Å². The lowest BCUT2D eigenvalue weighted by Gasteiger charge is -2.05. The van der Waals surface area contributed by atoms with Gasteiger partial charge in [0.2, 0.25) is 11.6 Å². The van der Waals surface area contributed by atoms with Crippen LogP contribution in [-0.4, -0.2) is 21.2 Å². The van der Waals surface area contributed by atoms with Crippen molar-refractivity contribution in [2.24, 2.45) is 0 Å². The number of hydrogen-bond acceptors (Lipinski definition) is 4. The summed E-state index contributed by atoms with van der Waals surface area (Å²) in [7, 11) is 0. The second-order valence-electron chi connectivity index (χ2n) is 5.77. The predicted molar refractivity (Wildman–Crippen MR) is 97.4 cm³/mol. The molecule has 0 saturated carbocycles. The number of benzene rings is 2. The molecule has 0 spiro atoms. The maximum atomic E-state index is 5.49. The maximum absolute atomic E-state index is 5.49. The molecule has 0 aliphatic carbocycles. The molecule has 0 saturated heterocycles. The van der Waals surface area contributed by atoms with Crippen molar-refractivity contribution in [2.45, 2.75) is 0 Å². The molecule has 5 rings (SSSR count). The standard InChI is InChI=1S/C19H13N3O2S/c25-19-20-9-14(13-6-7-16-17(8-13)24-11-23-16)18-21-15(10-22(18)19)12-4-2-1-3-5-12/h1-10,21H,11H2. The van der Waals surface area contributed by atoms with E-state index < -0.39 is 0 Å². The van der Waals surface area contributed by atoms with Gasteiger partial charge in [-0.3, -0.25) is 4.40 Å². The van der Waals surface area contributed by atoms with Gasteiger partial charge < -0.3 is 14.5 Å². The smallest absolute Gasteiger partial charge is 0.231 e. The van der Waals surface area contributed by atoms with E-state index in [-0.39, 0.29) is 6.79 Å². The molecule has 0 unspecified atom stereocenters. The molecule has 0 fully saturated rings. The Kier molecular flexibility index (Phi) is 3.11. The molecule has 6 heteroatoms. The highest BCUT2D eigenvalue weighted by molar-refractivity contribution is 7.71. The summed E-state index contributed by atoms with van der Waals surface area (Å²) in [5, 5.41) is 0. The fourth-order valence-corrected chi connectivity index (χ4v) is 3.24. The van der Waals surface area contributed by atoms with Gasteiger partial charge in [0.15, 0.2) is 11.5 Å². The monoisotopic (exact) mass is 347 g/mol. The van der Waals surface area contributed by atoms with Crippen LogP contribution in [-0.2, 0) is 0 Å². The molecule has 0 bridgehead atoms. The Morgan fingerprint density at radius 3 is 2.72 bits per heavy atom. The highest BCUT2D eigenvalue weighted by Crippen LogP contribution is 2.37. The maximum Gasteiger partial charge on any atom is 0.231 e. The van der Waals surface area contributed by atoms with Crippen molar-refractivity contribution >= 4 is 17.9 Å². The number of nitrogens with zero attached hydrogens (tertiary/aromatic N) is 2. The highest BCUT2D eigenvalue weighted by atomic mass is 32.1. The zero-order valence-corrected chi connectivity index (χ0v) is 13.9. The van der Waals surface area contributed by atoms with E-state index in [2.05, 4.69) is 22.1 Å². The summed E-state index contributed by atoms with van der Waals surface area (Å²) in [6.07, 6.45) is 3.77. The number of aromatic nitrogens is 3. The lowest BCUT2D eigenvalue weighted by atomic mass is 10.1. The van der Waals surface area contributed by atoms with E-state index >= 15 is 0 Å². The van der Waals surface area contributed by atoms with Gasteiger partial charge in [0.05, 0.1) is 5.69 Å². The molecule has 1 aliphatic rings. The van der Waals surface area contributed by atoms with Gasteiger partial charge in [0.25, 0.3) is 0 Å². The van der Waals surface area contributed by atoms with Crippen LogP contribution in [0.3, 0.4) is 0 Å². The number of aromatic amines is 1. The van der Waals surface area contributed by atoms with E-state index in [1.165, 1.54) is 0 Å². The number of ether oxygens (including phenoxy) is 2. The molecular weight excluding hydrogens is 334 g/mol. The van der Waals surface area contributed by atoms with Gasteiger partial charge in [-0.2, -0.15) is 0 Å². The van der Waals surface area contributed by atoms with E-state index in [0.717, 1.165) is 39.5 Å². The predicted octanol–water partition coefficient (Wildman–Crippen LogP) is 4.45. The summed E-state index contributed by atoms with van der Waals surface area (Å²) in [5.41, 5.74) is 4.93. The molecule has 1 N–H and O–H groups in total. The Balaban J connectivity index is 1.73. The number of fused-ring (bicyclic) bond motifs is 2. The summed E-state index contributed by atoms with van der Waals surface area (Å²) in [5.74, 6) is 1.50. The summed E-state index contributed by atoms with van der Waals surface area (Å²) in [4.78, 5) is 7.84. The average molecular weight is 347 g/mol. The van der Waals surface area contributed by atoms with E-state index in [0.29, 0.717) is 4.77 Å². The summed E-state index contributed by atoms with van der Waals surface area (Å²) in [6, 6.07) is 16.0. The van der Waals surface area contributed by atoms with Crippen molar-refractivity contribution in [3.63, 3.8) is 0 Å². The first-order valence-electron chi connectivity index (χ1n) is 7.85.